The highest BCUT2D eigenvalue weighted by molar-refractivity contribution is 7.09. The van der Waals surface area contributed by atoms with Crippen LogP contribution in [-0.4, -0.2) is 14.3 Å². The normalized spacial score (nSPS) is 11.3. The predicted molar refractivity (Wildman–Crippen MR) is 103 cm³/mol. The van der Waals surface area contributed by atoms with E-state index in [-0.39, 0.29) is 5.56 Å². The molecular weight excluding hydrogens is 379 g/mol. The molecule has 0 aliphatic rings. The van der Waals surface area contributed by atoms with E-state index in [1.54, 1.807) is 45.0 Å². The number of hydrogen-bond acceptors (Lipinski definition) is 4. The summed E-state index contributed by atoms with van der Waals surface area (Å²) in [6.45, 7) is 0.489. The Kier molecular flexibility index (Phi) is 4.03. The van der Waals surface area contributed by atoms with E-state index in [9.17, 15) is 4.79 Å². The maximum absolute atomic E-state index is 12.3. The molecule has 4 rings (SSSR count). The summed E-state index contributed by atoms with van der Waals surface area (Å²) in [6.07, 6.45) is 1.65. The van der Waals surface area contributed by atoms with Crippen molar-refractivity contribution in [1.82, 2.24) is 14.3 Å². The fraction of sp³-hybridized carbons (Fsp3) is 0.0588. The topological polar surface area (TPSA) is 65.8 Å². The quantitative estimate of drug-likeness (QED) is 0.533. The molecule has 1 aromatic carbocycles. The molecule has 126 valence electrons. The first kappa shape index (κ1) is 16.2. The van der Waals surface area contributed by atoms with Gasteiger partial charge in [0.1, 0.15) is 5.69 Å². The SMILES string of the molecule is Nc1cc(Cl)c(-n2ncc3c2ccc(=O)n3Cc2cccs2)c(Cl)c1. The molecule has 0 atom stereocenters. The van der Waals surface area contributed by atoms with Crippen LogP contribution in [0, 0.1) is 0 Å². The second-order valence-corrected chi connectivity index (χ2v) is 7.34. The van der Waals surface area contributed by atoms with Crippen molar-refractivity contribution in [3.8, 4) is 5.69 Å². The Morgan fingerprint density at radius 3 is 2.56 bits per heavy atom. The van der Waals surface area contributed by atoms with Gasteiger partial charge in [-0.05, 0) is 29.6 Å². The number of anilines is 1. The number of benzene rings is 1. The number of halogens is 2. The van der Waals surface area contributed by atoms with Gasteiger partial charge in [-0.25, -0.2) is 4.68 Å². The molecule has 3 aromatic heterocycles. The largest absolute Gasteiger partial charge is 0.399 e. The average Bonchev–Trinajstić information content (AvgIpc) is 3.19. The third kappa shape index (κ3) is 2.82. The molecular formula is C17H12Cl2N4OS. The number of rotatable bonds is 3. The fourth-order valence-electron chi connectivity index (χ4n) is 2.76. The molecule has 25 heavy (non-hydrogen) atoms. The fourth-order valence-corrected chi connectivity index (χ4v) is 4.12. The van der Waals surface area contributed by atoms with Crippen molar-refractivity contribution in [2.75, 3.05) is 5.73 Å². The lowest BCUT2D eigenvalue weighted by molar-refractivity contribution is 0.807. The highest BCUT2D eigenvalue weighted by atomic mass is 35.5. The van der Waals surface area contributed by atoms with Crippen LogP contribution in [0.15, 0.2) is 52.8 Å². The zero-order chi connectivity index (χ0) is 17.6. The smallest absolute Gasteiger partial charge is 0.251 e. The first-order chi connectivity index (χ1) is 12.0. The molecule has 2 N–H and O–H groups in total. The van der Waals surface area contributed by atoms with Crippen molar-refractivity contribution in [1.29, 1.82) is 0 Å². The van der Waals surface area contributed by atoms with E-state index in [0.29, 0.717) is 33.5 Å². The van der Waals surface area contributed by atoms with Gasteiger partial charge in [-0.15, -0.1) is 11.3 Å². The predicted octanol–water partition coefficient (Wildman–Crippen LogP) is 4.19. The van der Waals surface area contributed by atoms with Crippen LogP contribution in [0.25, 0.3) is 16.7 Å². The summed E-state index contributed by atoms with van der Waals surface area (Å²) in [5, 5.41) is 7.17. The van der Waals surface area contributed by atoms with Gasteiger partial charge >= 0.3 is 0 Å². The zero-order valence-corrected chi connectivity index (χ0v) is 15.1. The number of aromatic nitrogens is 3. The number of hydrogen-bond donors (Lipinski definition) is 1. The van der Waals surface area contributed by atoms with Crippen LogP contribution in [0.4, 0.5) is 5.69 Å². The van der Waals surface area contributed by atoms with Crippen molar-refractivity contribution in [3.05, 3.63) is 73.3 Å². The number of nitrogens with zero attached hydrogens (tertiary/aromatic N) is 3. The Balaban J connectivity index is 1.93. The van der Waals surface area contributed by atoms with E-state index in [0.717, 1.165) is 10.4 Å². The van der Waals surface area contributed by atoms with Crippen molar-refractivity contribution < 1.29 is 0 Å². The van der Waals surface area contributed by atoms with Crippen molar-refractivity contribution in [3.63, 3.8) is 0 Å². The second kappa shape index (κ2) is 6.22. The molecule has 0 radical (unpaired) electrons. The molecule has 8 heteroatoms. The minimum Gasteiger partial charge on any atom is -0.399 e. The summed E-state index contributed by atoms with van der Waals surface area (Å²) in [4.78, 5) is 13.4. The minimum atomic E-state index is -0.0880. The molecule has 0 aliphatic carbocycles. The van der Waals surface area contributed by atoms with Gasteiger partial charge in [-0.2, -0.15) is 5.10 Å². The molecule has 0 saturated carbocycles. The van der Waals surface area contributed by atoms with Crippen LogP contribution in [0.2, 0.25) is 10.0 Å². The van der Waals surface area contributed by atoms with Crippen LogP contribution in [0.1, 0.15) is 4.88 Å². The second-order valence-electron chi connectivity index (χ2n) is 5.50. The molecule has 4 aromatic rings. The van der Waals surface area contributed by atoms with E-state index in [1.807, 2.05) is 17.5 Å². The van der Waals surface area contributed by atoms with Crippen LogP contribution >= 0.6 is 34.5 Å². The van der Waals surface area contributed by atoms with Gasteiger partial charge in [0.05, 0.1) is 33.8 Å². The summed E-state index contributed by atoms with van der Waals surface area (Å²) in [7, 11) is 0. The number of nitrogens with two attached hydrogens (primary N) is 1. The average molecular weight is 391 g/mol. The lowest BCUT2D eigenvalue weighted by Gasteiger charge is -2.10. The van der Waals surface area contributed by atoms with Crippen LogP contribution in [0.3, 0.4) is 0 Å². The van der Waals surface area contributed by atoms with Gasteiger partial charge in [-0.3, -0.25) is 4.79 Å². The van der Waals surface area contributed by atoms with Crippen molar-refractivity contribution in [2.24, 2.45) is 0 Å². The first-order valence-corrected chi connectivity index (χ1v) is 9.03. The zero-order valence-electron chi connectivity index (χ0n) is 12.8. The van der Waals surface area contributed by atoms with Gasteiger partial charge in [0.25, 0.3) is 5.56 Å². The van der Waals surface area contributed by atoms with Gasteiger partial charge in [0, 0.05) is 16.6 Å². The minimum absolute atomic E-state index is 0.0880. The molecule has 0 fully saturated rings. The molecule has 3 heterocycles. The van der Waals surface area contributed by atoms with Crippen molar-refractivity contribution >= 4 is 51.3 Å². The van der Waals surface area contributed by atoms with Crippen LogP contribution in [0.5, 0.6) is 0 Å². The van der Waals surface area contributed by atoms with Crippen LogP contribution < -0.4 is 11.3 Å². The Morgan fingerprint density at radius 1 is 1.12 bits per heavy atom. The van der Waals surface area contributed by atoms with E-state index in [1.165, 1.54) is 6.07 Å². The van der Waals surface area contributed by atoms with E-state index < -0.39 is 0 Å². The maximum Gasteiger partial charge on any atom is 0.251 e. The Morgan fingerprint density at radius 2 is 1.88 bits per heavy atom. The summed E-state index contributed by atoms with van der Waals surface area (Å²) in [5.74, 6) is 0. The Hall–Kier alpha value is -2.28. The summed E-state index contributed by atoms with van der Waals surface area (Å²) in [6, 6.07) is 10.4. The molecule has 0 aliphatic heterocycles. The van der Waals surface area contributed by atoms with E-state index in [4.69, 9.17) is 28.9 Å². The summed E-state index contributed by atoms with van der Waals surface area (Å²) in [5.41, 5.74) is 8.15. The highest BCUT2D eigenvalue weighted by Crippen LogP contribution is 2.32. The molecule has 0 amide bonds. The lowest BCUT2D eigenvalue weighted by Crippen LogP contribution is -2.19. The standard InChI is InChI=1S/C17H12Cl2N4OS/c18-12-6-10(20)7-13(19)17(12)23-14-3-4-16(24)22(15(14)8-21-23)9-11-2-1-5-25-11/h1-8H,9,20H2. The number of thiophene rings is 1. The number of fused-ring (bicyclic) bond motifs is 1. The van der Waals surface area contributed by atoms with Crippen molar-refractivity contribution in [2.45, 2.75) is 6.54 Å². The summed E-state index contributed by atoms with van der Waals surface area (Å²) >= 11 is 14.2. The molecule has 0 unspecified atom stereocenters. The molecule has 0 spiro atoms. The lowest BCUT2D eigenvalue weighted by atomic mass is 10.2. The molecule has 0 saturated heterocycles. The highest BCUT2D eigenvalue weighted by Gasteiger charge is 2.16. The summed E-state index contributed by atoms with van der Waals surface area (Å²) < 4.78 is 3.31. The number of pyridine rings is 1. The third-order valence-electron chi connectivity index (χ3n) is 3.87. The van der Waals surface area contributed by atoms with Crippen LogP contribution in [-0.2, 0) is 6.54 Å². The first-order valence-electron chi connectivity index (χ1n) is 7.39. The third-order valence-corrected chi connectivity index (χ3v) is 5.31. The van der Waals surface area contributed by atoms with Gasteiger partial charge in [0.15, 0.2) is 0 Å². The van der Waals surface area contributed by atoms with Gasteiger partial charge < -0.3 is 10.3 Å². The molecule has 0 bridgehead atoms. The maximum atomic E-state index is 12.3. The number of nitrogen functional groups attached to an aromatic ring is 1. The molecule has 5 nitrogen and oxygen atoms in total. The Labute approximate surface area is 156 Å². The van der Waals surface area contributed by atoms with E-state index in [2.05, 4.69) is 5.10 Å². The van der Waals surface area contributed by atoms with E-state index >= 15 is 0 Å². The van der Waals surface area contributed by atoms with Gasteiger partial charge in [-0.1, -0.05) is 29.3 Å². The van der Waals surface area contributed by atoms with Gasteiger partial charge in [0.2, 0.25) is 0 Å². The monoisotopic (exact) mass is 390 g/mol. The Bertz CT molecular complexity index is 1110.